The first-order valence-corrected chi connectivity index (χ1v) is 8.63. The molecule has 0 bridgehead atoms. The Kier molecular flexibility index (Phi) is 7.32. The van der Waals surface area contributed by atoms with Gasteiger partial charge in [0, 0.05) is 27.8 Å². The summed E-state index contributed by atoms with van der Waals surface area (Å²) >= 11 is 0. The summed E-state index contributed by atoms with van der Waals surface area (Å²) in [5, 5.41) is 3.56. The summed E-state index contributed by atoms with van der Waals surface area (Å²) in [6.45, 7) is 6.35. The van der Waals surface area contributed by atoms with Crippen LogP contribution in [-0.2, 0) is 17.2 Å². The molecule has 1 aromatic carbocycles. The smallest absolute Gasteiger partial charge is 0.0434 e. The van der Waals surface area contributed by atoms with Crippen LogP contribution in [0.4, 0.5) is 0 Å². The van der Waals surface area contributed by atoms with Gasteiger partial charge in [0.15, 0.2) is 0 Å². The second-order valence-electron chi connectivity index (χ2n) is 5.10. The molecule has 0 aliphatic rings. The SMILES string of the molecule is CCCc1ccc(C(CS(=O)C(C)CC)NC)cc1. The fourth-order valence-electron chi connectivity index (χ4n) is 2.07. The highest BCUT2D eigenvalue weighted by molar-refractivity contribution is 7.85. The third-order valence-electron chi connectivity index (χ3n) is 3.62. The van der Waals surface area contributed by atoms with Crippen molar-refractivity contribution < 1.29 is 4.21 Å². The lowest BCUT2D eigenvalue weighted by atomic mass is 10.0. The molecule has 19 heavy (non-hydrogen) atoms. The van der Waals surface area contributed by atoms with Crippen molar-refractivity contribution in [2.75, 3.05) is 12.8 Å². The van der Waals surface area contributed by atoms with Crippen LogP contribution in [0.1, 0.15) is 50.8 Å². The van der Waals surface area contributed by atoms with Crippen molar-refractivity contribution in [2.45, 2.75) is 51.3 Å². The van der Waals surface area contributed by atoms with Crippen molar-refractivity contribution >= 4 is 10.8 Å². The predicted molar refractivity (Wildman–Crippen MR) is 85.0 cm³/mol. The Balaban J connectivity index is 2.71. The lowest BCUT2D eigenvalue weighted by molar-refractivity contribution is 0.627. The fourth-order valence-corrected chi connectivity index (χ4v) is 3.45. The van der Waals surface area contributed by atoms with E-state index in [0.717, 1.165) is 12.8 Å². The van der Waals surface area contributed by atoms with E-state index in [2.05, 4.69) is 50.4 Å². The normalized spacial score (nSPS) is 16.0. The molecule has 1 aromatic rings. The highest BCUT2D eigenvalue weighted by Gasteiger charge is 2.16. The molecule has 0 radical (unpaired) electrons. The summed E-state index contributed by atoms with van der Waals surface area (Å²) in [6, 6.07) is 8.90. The van der Waals surface area contributed by atoms with E-state index in [1.54, 1.807) is 0 Å². The summed E-state index contributed by atoms with van der Waals surface area (Å²) in [4.78, 5) is 0. The molecular weight excluding hydrogens is 254 g/mol. The fraction of sp³-hybridized carbons (Fsp3) is 0.625. The Morgan fingerprint density at radius 2 is 1.84 bits per heavy atom. The van der Waals surface area contributed by atoms with E-state index in [4.69, 9.17) is 0 Å². The minimum absolute atomic E-state index is 0.186. The Hall–Kier alpha value is -0.670. The van der Waals surface area contributed by atoms with E-state index in [9.17, 15) is 4.21 Å². The molecule has 3 unspecified atom stereocenters. The molecule has 0 spiro atoms. The second kappa shape index (κ2) is 8.49. The maximum atomic E-state index is 12.2. The molecule has 0 saturated carbocycles. The van der Waals surface area contributed by atoms with Gasteiger partial charge in [-0.25, -0.2) is 0 Å². The van der Waals surface area contributed by atoms with Crippen molar-refractivity contribution in [1.82, 2.24) is 5.32 Å². The van der Waals surface area contributed by atoms with Crippen LogP contribution in [0, 0.1) is 0 Å². The second-order valence-corrected chi connectivity index (χ2v) is 7.00. The van der Waals surface area contributed by atoms with E-state index in [1.165, 1.54) is 17.5 Å². The van der Waals surface area contributed by atoms with Gasteiger partial charge in [-0.3, -0.25) is 4.21 Å². The highest BCUT2D eigenvalue weighted by atomic mass is 32.2. The van der Waals surface area contributed by atoms with Crippen molar-refractivity contribution in [3.8, 4) is 0 Å². The van der Waals surface area contributed by atoms with Crippen LogP contribution in [0.15, 0.2) is 24.3 Å². The molecule has 2 nitrogen and oxygen atoms in total. The highest BCUT2D eigenvalue weighted by Crippen LogP contribution is 2.17. The molecule has 0 aromatic heterocycles. The third kappa shape index (κ3) is 5.07. The van der Waals surface area contributed by atoms with E-state index >= 15 is 0 Å². The van der Waals surface area contributed by atoms with Crippen LogP contribution >= 0.6 is 0 Å². The summed E-state index contributed by atoms with van der Waals surface area (Å²) in [5.41, 5.74) is 2.61. The lowest BCUT2D eigenvalue weighted by Crippen LogP contribution is -2.26. The molecule has 0 aliphatic heterocycles. The molecule has 3 atom stereocenters. The van der Waals surface area contributed by atoms with Crippen LogP contribution in [0.3, 0.4) is 0 Å². The van der Waals surface area contributed by atoms with Crippen molar-refractivity contribution in [2.24, 2.45) is 0 Å². The van der Waals surface area contributed by atoms with Crippen molar-refractivity contribution in [3.05, 3.63) is 35.4 Å². The minimum Gasteiger partial charge on any atom is -0.312 e. The molecule has 3 heteroatoms. The summed E-state index contributed by atoms with van der Waals surface area (Å²) < 4.78 is 12.2. The van der Waals surface area contributed by atoms with Gasteiger partial charge in [0.25, 0.3) is 0 Å². The van der Waals surface area contributed by atoms with E-state index < -0.39 is 10.8 Å². The molecule has 1 N–H and O–H groups in total. The summed E-state index contributed by atoms with van der Waals surface area (Å²) in [5.74, 6) is 0.693. The average molecular weight is 281 g/mol. The zero-order chi connectivity index (χ0) is 14.3. The molecule has 0 heterocycles. The van der Waals surface area contributed by atoms with Crippen LogP contribution in [0.25, 0.3) is 0 Å². The first kappa shape index (κ1) is 16.4. The molecule has 108 valence electrons. The van der Waals surface area contributed by atoms with E-state index in [0.29, 0.717) is 5.75 Å². The topological polar surface area (TPSA) is 29.1 Å². The van der Waals surface area contributed by atoms with Crippen LogP contribution in [0.5, 0.6) is 0 Å². The predicted octanol–water partition coefficient (Wildman–Crippen LogP) is 3.45. The van der Waals surface area contributed by atoms with Gasteiger partial charge in [-0.1, -0.05) is 51.5 Å². The van der Waals surface area contributed by atoms with E-state index in [-0.39, 0.29) is 11.3 Å². The first-order valence-electron chi connectivity index (χ1n) is 7.25. The average Bonchev–Trinajstić information content (AvgIpc) is 2.45. The molecule has 1 rings (SSSR count). The van der Waals surface area contributed by atoms with Crippen molar-refractivity contribution in [1.29, 1.82) is 0 Å². The summed E-state index contributed by atoms with van der Waals surface area (Å²) in [6.07, 6.45) is 3.27. The standard InChI is InChI=1S/C16H27NOS/c1-5-7-14-8-10-15(11-9-14)16(17-4)12-19(18)13(3)6-2/h8-11,13,16-17H,5-7,12H2,1-4H3. The van der Waals surface area contributed by atoms with Crippen LogP contribution in [0.2, 0.25) is 0 Å². The van der Waals surface area contributed by atoms with Crippen LogP contribution < -0.4 is 5.32 Å². The van der Waals surface area contributed by atoms with Crippen LogP contribution in [-0.4, -0.2) is 22.3 Å². The monoisotopic (exact) mass is 281 g/mol. The van der Waals surface area contributed by atoms with Gasteiger partial charge in [0.2, 0.25) is 0 Å². The number of hydrogen-bond acceptors (Lipinski definition) is 2. The molecule has 0 aliphatic carbocycles. The van der Waals surface area contributed by atoms with Gasteiger partial charge in [-0.05, 0) is 31.0 Å². The first-order chi connectivity index (χ1) is 9.12. The molecular formula is C16H27NOS. The van der Waals surface area contributed by atoms with Crippen molar-refractivity contribution in [3.63, 3.8) is 0 Å². The van der Waals surface area contributed by atoms with Gasteiger partial charge >= 0.3 is 0 Å². The van der Waals surface area contributed by atoms with Gasteiger partial charge in [-0.2, -0.15) is 0 Å². The number of rotatable bonds is 8. The van der Waals surface area contributed by atoms with Gasteiger partial charge in [-0.15, -0.1) is 0 Å². The Morgan fingerprint density at radius 1 is 1.21 bits per heavy atom. The maximum absolute atomic E-state index is 12.2. The largest absolute Gasteiger partial charge is 0.312 e. The molecule has 0 fully saturated rings. The lowest BCUT2D eigenvalue weighted by Gasteiger charge is -2.19. The van der Waals surface area contributed by atoms with Gasteiger partial charge in [0.05, 0.1) is 0 Å². The minimum atomic E-state index is -0.766. The Bertz CT molecular complexity index is 388. The number of nitrogens with one attached hydrogen (secondary N) is 1. The number of aryl methyl sites for hydroxylation is 1. The maximum Gasteiger partial charge on any atom is 0.0434 e. The van der Waals surface area contributed by atoms with E-state index in [1.807, 2.05) is 7.05 Å². The quantitative estimate of drug-likeness (QED) is 0.791. The zero-order valence-electron chi connectivity index (χ0n) is 12.6. The van der Waals surface area contributed by atoms with Gasteiger partial charge in [0.1, 0.15) is 0 Å². The molecule has 0 saturated heterocycles. The molecule has 0 amide bonds. The summed E-state index contributed by atoms with van der Waals surface area (Å²) in [7, 11) is 1.18. The Labute approximate surface area is 120 Å². The van der Waals surface area contributed by atoms with Gasteiger partial charge < -0.3 is 5.32 Å². The third-order valence-corrected chi connectivity index (χ3v) is 5.52. The Morgan fingerprint density at radius 3 is 2.32 bits per heavy atom. The zero-order valence-corrected chi connectivity index (χ0v) is 13.4. The number of hydrogen-bond donors (Lipinski definition) is 1. The number of benzene rings is 1.